The van der Waals surface area contributed by atoms with Gasteiger partial charge in [0.1, 0.15) is 0 Å². The van der Waals surface area contributed by atoms with Crippen LogP contribution in [-0.2, 0) is 4.79 Å². The van der Waals surface area contributed by atoms with Gasteiger partial charge in [0.05, 0.1) is 11.5 Å². The van der Waals surface area contributed by atoms with E-state index in [1.807, 2.05) is 30.5 Å². The molecule has 4 nitrogen and oxygen atoms in total. The van der Waals surface area contributed by atoms with E-state index in [-0.39, 0.29) is 17.7 Å². The van der Waals surface area contributed by atoms with E-state index in [1.54, 1.807) is 16.7 Å². The van der Waals surface area contributed by atoms with Gasteiger partial charge in [-0.15, -0.1) is 11.8 Å². The molecule has 1 aliphatic heterocycles. The van der Waals surface area contributed by atoms with E-state index in [2.05, 4.69) is 0 Å². The summed E-state index contributed by atoms with van der Waals surface area (Å²) in [6, 6.07) is 7.56. The maximum atomic E-state index is 12.5. The van der Waals surface area contributed by atoms with Crippen molar-refractivity contribution in [2.75, 3.05) is 19.3 Å². The summed E-state index contributed by atoms with van der Waals surface area (Å²) < 4.78 is 0. The average molecular weight is 278 g/mol. The first-order valence-electron chi connectivity index (χ1n) is 6.35. The van der Waals surface area contributed by atoms with Crippen molar-refractivity contribution >= 4 is 23.6 Å². The molecule has 19 heavy (non-hydrogen) atoms. The maximum Gasteiger partial charge on any atom is 0.255 e. The average Bonchev–Trinajstić information content (AvgIpc) is 2.46. The summed E-state index contributed by atoms with van der Waals surface area (Å²) in [5.41, 5.74) is 6.05. The standard InChI is InChI=1S/C14H18N2O2S/c1-19-12-7-3-2-6-11(12)14(18)16-8-4-5-10(9-16)13(15)17/h2-3,6-7,10H,4-5,8-9H2,1H3,(H2,15,17)/t10-/m0/s1. The van der Waals surface area contributed by atoms with Crippen molar-refractivity contribution in [3.8, 4) is 0 Å². The van der Waals surface area contributed by atoms with Crippen LogP contribution in [0.3, 0.4) is 0 Å². The third kappa shape index (κ3) is 3.10. The highest BCUT2D eigenvalue weighted by Gasteiger charge is 2.28. The highest BCUT2D eigenvalue weighted by atomic mass is 32.2. The summed E-state index contributed by atoms with van der Waals surface area (Å²) in [6.45, 7) is 1.14. The Hall–Kier alpha value is -1.49. The van der Waals surface area contributed by atoms with Crippen LogP contribution in [0.2, 0.25) is 0 Å². The van der Waals surface area contributed by atoms with Crippen LogP contribution >= 0.6 is 11.8 Å². The van der Waals surface area contributed by atoms with E-state index in [9.17, 15) is 9.59 Å². The fraction of sp³-hybridized carbons (Fsp3) is 0.429. The van der Waals surface area contributed by atoms with Crippen LogP contribution in [0.15, 0.2) is 29.2 Å². The molecular formula is C14H18N2O2S. The molecule has 1 saturated heterocycles. The molecule has 1 atom stereocenters. The molecule has 1 aliphatic rings. The lowest BCUT2D eigenvalue weighted by atomic mass is 9.97. The second-order valence-corrected chi connectivity index (χ2v) is 5.54. The second kappa shape index (κ2) is 6.10. The minimum absolute atomic E-state index is 0.00380. The Labute approximate surface area is 117 Å². The minimum Gasteiger partial charge on any atom is -0.369 e. The van der Waals surface area contributed by atoms with Gasteiger partial charge in [0, 0.05) is 18.0 Å². The summed E-state index contributed by atoms with van der Waals surface area (Å²) in [7, 11) is 0. The zero-order valence-corrected chi connectivity index (χ0v) is 11.8. The second-order valence-electron chi connectivity index (χ2n) is 4.69. The number of hydrogen-bond donors (Lipinski definition) is 1. The molecule has 0 spiro atoms. The van der Waals surface area contributed by atoms with Crippen molar-refractivity contribution in [1.82, 2.24) is 4.90 Å². The van der Waals surface area contributed by atoms with E-state index in [0.29, 0.717) is 18.7 Å². The van der Waals surface area contributed by atoms with Crippen LogP contribution in [0.25, 0.3) is 0 Å². The first kappa shape index (κ1) is 13.9. The Morgan fingerprint density at radius 1 is 1.37 bits per heavy atom. The molecule has 5 heteroatoms. The fourth-order valence-corrected chi connectivity index (χ4v) is 2.98. The zero-order valence-electron chi connectivity index (χ0n) is 11.0. The Morgan fingerprint density at radius 2 is 2.11 bits per heavy atom. The van der Waals surface area contributed by atoms with Crippen LogP contribution in [0, 0.1) is 5.92 Å². The van der Waals surface area contributed by atoms with Crippen LogP contribution in [0.1, 0.15) is 23.2 Å². The molecule has 2 amide bonds. The largest absolute Gasteiger partial charge is 0.369 e. The quantitative estimate of drug-likeness (QED) is 0.857. The number of likely N-dealkylation sites (tertiary alicyclic amines) is 1. The lowest BCUT2D eigenvalue weighted by molar-refractivity contribution is -0.123. The van der Waals surface area contributed by atoms with Gasteiger partial charge in [0.15, 0.2) is 0 Å². The number of nitrogens with zero attached hydrogens (tertiary/aromatic N) is 1. The zero-order chi connectivity index (χ0) is 13.8. The van der Waals surface area contributed by atoms with Crippen molar-refractivity contribution < 1.29 is 9.59 Å². The van der Waals surface area contributed by atoms with Crippen LogP contribution in [0.4, 0.5) is 0 Å². The van der Waals surface area contributed by atoms with Crippen molar-refractivity contribution in [2.24, 2.45) is 11.7 Å². The molecular weight excluding hydrogens is 260 g/mol. The lowest BCUT2D eigenvalue weighted by Crippen LogP contribution is -2.44. The van der Waals surface area contributed by atoms with Gasteiger partial charge in [0.2, 0.25) is 5.91 Å². The first-order valence-corrected chi connectivity index (χ1v) is 7.57. The number of rotatable bonds is 3. The third-order valence-corrected chi connectivity index (χ3v) is 4.24. The summed E-state index contributed by atoms with van der Waals surface area (Å²) in [4.78, 5) is 26.5. The number of amides is 2. The molecule has 0 unspecified atom stereocenters. The number of carbonyl (C=O) groups is 2. The minimum atomic E-state index is -0.310. The van der Waals surface area contributed by atoms with Crippen molar-refractivity contribution in [1.29, 1.82) is 0 Å². The predicted molar refractivity (Wildman–Crippen MR) is 76.0 cm³/mol. The Morgan fingerprint density at radius 3 is 2.79 bits per heavy atom. The molecule has 1 heterocycles. The third-order valence-electron chi connectivity index (χ3n) is 3.45. The van der Waals surface area contributed by atoms with E-state index >= 15 is 0 Å². The Bertz CT molecular complexity index is 490. The predicted octanol–water partition coefficient (Wildman–Crippen LogP) is 1.75. The number of thioether (sulfide) groups is 1. The summed E-state index contributed by atoms with van der Waals surface area (Å²) in [5.74, 6) is -0.523. The maximum absolute atomic E-state index is 12.5. The first-order chi connectivity index (χ1) is 9.13. The number of primary amides is 1. The van der Waals surface area contributed by atoms with Gasteiger partial charge in [-0.05, 0) is 31.2 Å². The molecule has 0 aliphatic carbocycles. The van der Waals surface area contributed by atoms with Gasteiger partial charge in [-0.2, -0.15) is 0 Å². The summed E-state index contributed by atoms with van der Waals surface area (Å²) in [5, 5.41) is 0. The smallest absolute Gasteiger partial charge is 0.255 e. The molecule has 1 fully saturated rings. The van der Waals surface area contributed by atoms with Crippen molar-refractivity contribution in [3.05, 3.63) is 29.8 Å². The monoisotopic (exact) mass is 278 g/mol. The number of piperidine rings is 1. The van der Waals surface area contributed by atoms with Crippen LogP contribution in [0.5, 0.6) is 0 Å². The molecule has 2 rings (SSSR count). The molecule has 1 aromatic rings. The number of carbonyl (C=O) groups excluding carboxylic acids is 2. The summed E-state index contributed by atoms with van der Waals surface area (Å²) in [6.07, 6.45) is 3.57. The summed E-state index contributed by atoms with van der Waals surface area (Å²) >= 11 is 1.56. The number of hydrogen-bond acceptors (Lipinski definition) is 3. The van der Waals surface area contributed by atoms with Crippen LogP contribution in [-0.4, -0.2) is 36.1 Å². The van der Waals surface area contributed by atoms with Gasteiger partial charge in [-0.3, -0.25) is 9.59 Å². The van der Waals surface area contributed by atoms with Gasteiger partial charge < -0.3 is 10.6 Å². The van der Waals surface area contributed by atoms with Gasteiger partial charge >= 0.3 is 0 Å². The SMILES string of the molecule is CSc1ccccc1C(=O)N1CCC[C@H](C(N)=O)C1. The van der Waals surface area contributed by atoms with Gasteiger partial charge in [-0.25, -0.2) is 0 Å². The normalized spacial score (nSPS) is 19.2. The molecule has 0 aromatic heterocycles. The molecule has 1 aromatic carbocycles. The van der Waals surface area contributed by atoms with E-state index in [0.717, 1.165) is 17.7 Å². The Kier molecular flexibility index (Phi) is 4.47. The topological polar surface area (TPSA) is 63.4 Å². The lowest BCUT2D eigenvalue weighted by Gasteiger charge is -2.31. The Balaban J connectivity index is 2.17. The van der Waals surface area contributed by atoms with E-state index < -0.39 is 0 Å². The van der Waals surface area contributed by atoms with E-state index in [1.165, 1.54) is 0 Å². The fourth-order valence-electron chi connectivity index (χ4n) is 2.39. The molecule has 0 saturated carbocycles. The highest BCUT2D eigenvalue weighted by Crippen LogP contribution is 2.24. The van der Waals surface area contributed by atoms with Crippen molar-refractivity contribution in [3.63, 3.8) is 0 Å². The number of nitrogens with two attached hydrogens (primary N) is 1. The molecule has 0 radical (unpaired) electrons. The van der Waals surface area contributed by atoms with E-state index in [4.69, 9.17) is 5.73 Å². The van der Waals surface area contributed by atoms with Gasteiger partial charge in [-0.1, -0.05) is 12.1 Å². The van der Waals surface area contributed by atoms with Crippen LogP contribution < -0.4 is 5.73 Å². The molecule has 0 bridgehead atoms. The van der Waals surface area contributed by atoms with Gasteiger partial charge in [0.25, 0.3) is 5.91 Å². The molecule has 102 valence electrons. The molecule has 2 N–H and O–H groups in total. The number of benzene rings is 1. The van der Waals surface area contributed by atoms with Crippen molar-refractivity contribution in [2.45, 2.75) is 17.7 Å². The highest BCUT2D eigenvalue weighted by molar-refractivity contribution is 7.98.